The molecule has 0 N–H and O–H groups in total. The molecule has 0 radical (unpaired) electrons. The summed E-state index contributed by atoms with van der Waals surface area (Å²) in [5, 5.41) is -0.461. The van der Waals surface area contributed by atoms with Crippen LogP contribution in [-0.2, 0) is 16.6 Å². The van der Waals surface area contributed by atoms with Gasteiger partial charge in [-0.1, -0.05) is 43.6 Å². The molecule has 1 aliphatic carbocycles. The highest BCUT2D eigenvalue weighted by Gasteiger charge is 2.54. The van der Waals surface area contributed by atoms with Crippen LogP contribution in [0.5, 0.6) is 5.75 Å². The van der Waals surface area contributed by atoms with Gasteiger partial charge in [-0.05, 0) is 67.5 Å². The standard InChI is InChI=1S/C32H36ClF3N4O3S/c1-31(2)13-15-39(19-31)25-11-12-32(25)14-16-38(20-32)24-17-23(34)30(29(36)28(24)33)44(41,42)40(27-6-4-5-26(35)37-27)18-21-7-9-22(43-3)10-8-21/h4-10,17,25H,11-16,18-20H2,1-3H3/t25?,32-/m0/s1. The van der Waals surface area contributed by atoms with Crippen LogP contribution in [0.2, 0.25) is 5.02 Å². The first-order chi connectivity index (χ1) is 20.8. The number of anilines is 2. The Bertz CT molecular complexity index is 1670. The largest absolute Gasteiger partial charge is 0.497 e. The molecular formula is C32H36ClF3N4O3S. The summed E-state index contributed by atoms with van der Waals surface area (Å²) >= 11 is 6.51. The fourth-order valence-electron chi connectivity index (χ4n) is 7.11. The smallest absolute Gasteiger partial charge is 0.271 e. The first kappa shape index (κ1) is 31.0. The second-order valence-electron chi connectivity index (χ2n) is 13.0. The van der Waals surface area contributed by atoms with Crippen molar-refractivity contribution in [1.29, 1.82) is 0 Å². The molecule has 44 heavy (non-hydrogen) atoms. The van der Waals surface area contributed by atoms with E-state index < -0.39 is 37.5 Å². The minimum absolute atomic E-state index is 0.0136. The van der Waals surface area contributed by atoms with Gasteiger partial charge < -0.3 is 9.64 Å². The van der Waals surface area contributed by atoms with Gasteiger partial charge in [0.2, 0.25) is 5.95 Å². The minimum Gasteiger partial charge on any atom is -0.497 e. The fraction of sp³-hybridized carbons (Fsp3) is 0.469. The summed E-state index contributed by atoms with van der Waals surface area (Å²) in [5.74, 6) is -3.40. The molecule has 2 atom stereocenters. The third-order valence-electron chi connectivity index (χ3n) is 9.58. The van der Waals surface area contributed by atoms with Gasteiger partial charge in [-0.25, -0.2) is 26.5 Å². The molecule has 12 heteroatoms. The number of aromatic nitrogens is 1. The molecule has 236 valence electrons. The lowest BCUT2D eigenvalue weighted by atomic mass is 9.63. The number of sulfonamides is 1. The summed E-state index contributed by atoms with van der Waals surface area (Å²) in [6.07, 6.45) is 4.13. The zero-order chi connectivity index (χ0) is 31.4. The van der Waals surface area contributed by atoms with Gasteiger partial charge in [0, 0.05) is 37.2 Å². The number of halogens is 4. The van der Waals surface area contributed by atoms with Crippen LogP contribution >= 0.6 is 11.6 Å². The van der Waals surface area contributed by atoms with Gasteiger partial charge in [0.1, 0.15) is 22.4 Å². The van der Waals surface area contributed by atoms with Crippen molar-refractivity contribution in [3.05, 3.63) is 76.7 Å². The highest BCUT2D eigenvalue weighted by atomic mass is 35.5. The topological polar surface area (TPSA) is 66.0 Å². The second kappa shape index (κ2) is 11.4. The first-order valence-corrected chi connectivity index (χ1v) is 16.6. The molecule has 2 saturated heterocycles. The number of likely N-dealkylation sites (tertiary alicyclic amines) is 1. The van der Waals surface area contributed by atoms with Gasteiger partial charge in [-0.15, -0.1) is 0 Å². The molecule has 2 aliphatic heterocycles. The van der Waals surface area contributed by atoms with Crippen molar-refractivity contribution >= 4 is 33.1 Å². The van der Waals surface area contributed by atoms with Crippen molar-refractivity contribution in [2.24, 2.45) is 10.8 Å². The van der Waals surface area contributed by atoms with E-state index >= 15 is 8.78 Å². The van der Waals surface area contributed by atoms with E-state index in [1.807, 2.05) is 4.90 Å². The van der Waals surface area contributed by atoms with Crippen LogP contribution < -0.4 is 13.9 Å². The van der Waals surface area contributed by atoms with Crippen LogP contribution in [0, 0.1) is 28.4 Å². The third kappa shape index (κ3) is 5.51. The maximum Gasteiger partial charge on any atom is 0.271 e. The van der Waals surface area contributed by atoms with Gasteiger partial charge in [-0.2, -0.15) is 4.39 Å². The molecule has 1 spiro atoms. The zero-order valence-electron chi connectivity index (χ0n) is 25.0. The Morgan fingerprint density at radius 1 is 1.05 bits per heavy atom. The summed E-state index contributed by atoms with van der Waals surface area (Å²) < 4.78 is 79.9. The molecule has 6 rings (SSSR count). The average Bonchev–Trinajstić information content (AvgIpc) is 3.58. The van der Waals surface area contributed by atoms with E-state index in [0.29, 0.717) is 34.7 Å². The average molecular weight is 649 g/mol. The minimum atomic E-state index is -4.94. The second-order valence-corrected chi connectivity index (χ2v) is 15.2. The Morgan fingerprint density at radius 2 is 1.80 bits per heavy atom. The number of rotatable bonds is 8. The summed E-state index contributed by atoms with van der Waals surface area (Å²) in [6.45, 7) is 7.42. The molecule has 3 fully saturated rings. The lowest BCUT2D eigenvalue weighted by molar-refractivity contribution is -0.00273. The maximum absolute atomic E-state index is 16.0. The quantitative estimate of drug-likeness (QED) is 0.201. The lowest BCUT2D eigenvalue weighted by Gasteiger charge is -2.52. The number of hydrogen-bond acceptors (Lipinski definition) is 6. The Kier molecular flexibility index (Phi) is 8.03. The number of benzene rings is 2. The third-order valence-corrected chi connectivity index (χ3v) is 11.7. The summed E-state index contributed by atoms with van der Waals surface area (Å²) in [7, 11) is -3.45. The monoisotopic (exact) mass is 648 g/mol. The van der Waals surface area contributed by atoms with E-state index in [2.05, 4.69) is 23.7 Å². The Hall–Kier alpha value is -3.02. The Morgan fingerprint density at radius 3 is 2.41 bits per heavy atom. The van der Waals surface area contributed by atoms with Crippen molar-refractivity contribution in [3.8, 4) is 5.75 Å². The van der Waals surface area contributed by atoms with E-state index in [1.165, 1.54) is 19.2 Å². The molecule has 3 aliphatic rings. The highest BCUT2D eigenvalue weighted by molar-refractivity contribution is 7.92. The normalized spacial score (nSPS) is 23.2. The molecule has 2 aromatic carbocycles. The molecule has 1 aromatic heterocycles. The van der Waals surface area contributed by atoms with E-state index in [0.717, 1.165) is 50.9 Å². The van der Waals surface area contributed by atoms with Crippen LogP contribution in [0.1, 0.15) is 45.1 Å². The molecule has 1 unspecified atom stereocenters. The zero-order valence-corrected chi connectivity index (χ0v) is 26.6. The molecule has 0 bridgehead atoms. The molecule has 7 nitrogen and oxygen atoms in total. The van der Waals surface area contributed by atoms with Crippen LogP contribution in [0.25, 0.3) is 0 Å². The van der Waals surface area contributed by atoms with E-state index in [1.54, 1.807) is 24.3 Å². The number of nitrogens with zero attached hydrogens (tertiary/aromatic N) is 4. The van der Waals surface area contributed by atoms with Crippen molar-refractivity contribution in [1.82, 2.24) is 9.88 Å². The van der Waals surface area contributed by atoms with Crippen LogP contribution in [0.4, 0.5) is 24.7 Å². The molecule has 1 saturated carbocycles. The predicted molar refractivity (Wildman–Crippen MR) is 164 cm³/mol. The maximum atomic E-state index is 16.0. The van der Waals surface area contributed by atoms with Crippen molar-refractivity contribution in [3.63, 3.8) is 0 Å². The highest BCUT2D eigenvalue weighted by Crippen LogP contribution is 2.54. The van der Waals surface area contributed by atoms with Crippen LogP contribution in [0.15, 0.2) is 53.4 Å². The molecule has 3 aromatic rings. The first-order valence-electron chi connectivity index (χ1n) is 14.8. The molecule has 0 amide bonds. The predicted octanol–water partition coefficient (Wildman–Crippen LogP) is 6.65. The number of pyridine rings is 1. The Labute approximate surface area is 261 Å². The number of methoxy groups -OCH3 is 1. The lowest BCUT2D eigenvalue weighted by Crippen LogP contribution is -2.56. The summed E-state index contributed by atoms with van der Waals surface area (Å²) in [6, 6.07) is 11.4. The van der Waals surface area contributed by atoms with Crippen molar-refractivity contribution in [2.75, 3.05) is 42.5 Å². The van der Waals surface area contributed by atoms with Crippen LogP contribution in [0.3, 0.4) is 0 Å². The van der Waals surface area contributed by atoms with Gasteiger partial charge in [0.15, 0.2) is 10.7 Å². The number of ether oxygens (including phenoxy) is 1. The van der Waals surface area contributed by atoms with Gasteiger partial charge in [0.25, 0.3) is 10.0 Å². The van der Waals surface area contributed by atoms with Gasteiger partial charge >= 0.3 is 0 Å². The van der Waals surface area contributed by atoms with Crippen molar-refractivity contribution < 1.29 is 26.3 Å². The van der Waals surface area contributed by atoms with E-state index in [4.69, 9.17) is 16.3 Å². The van der Waals surface area contributed by atoms with Crippen LogP contribution in [-0.4, -0.2) is 57.6 Å². The summed E-state index contributed by atoms with van der Waals surface area (Å²) in [4.78, 5) is 6.93. The van der Waals surface area contributed by atoms with Crippen molar-refractivity contribution in [2.45, 2.75) is 57.0 Å². The Balaban J connectivity index is 1.31. The SMILES string of the molecule is COc1ccc(CN(c2cccc(F)n2)S(=O)(=O)c2c(F)cc(N3CC[C@@]4(CCC4N4CCC(C)(C)C4)C3)c(Cl)c2F)cc1. The van der Waals surface area contributed by atoms with Gasteiger partial charge in [-0.3, -0.25) is 4.90 Å². The van der Waals surface area contributed by atoms with Gasteiger partial charge in [0.05, 0.1) is 19.3 Å². The molecular weight excluding hydrogens is 613 g/mol. The number of hydrogen-bond donors (Lipinski definition) is 0. The van der Waals surface area contributed by atoms with E-state index in [9.17, 15) is 12.8 Å². The van der Waals surface area contributed by atoms with E-state index in [-0.39, 0.29) is 28.9 Å². The summed E-state index contributed by atoms with van der Waals surface area (Å²) in [5.41, 5.74) is 0.881. The fourth-order valence-corrected chi connectivity index (χ4v) is 8.96. The molecule has 3 heterocycles.